The van der Waals surface area contributed by atoms with E-state index < -0.39 is 0 Å². The first-order chi connectivity index (χ1) is 13.7. The fraction of sp³-hybridized carbons (Fsp3) is 0.600. The molecule has 9 heteroatoms. The number of aliphatic imine (C=N–C) groups is 1. The predicted octanol–water partition coefficient (Wildman–Crippen LogP) is 4.09. The van der Waals surface area contributed by atoms with Crippen LogP contribution >= 0.6 is 46.7 Å². The Balaban J connectivity index is 0.00000300. The number of halogens is 1. The second kappa shape index (κ2) is 13.5. The van der Waals surface area contributed by atoms with Crippen LogP contribution in [0.3, 0.4) is 0 Å². The third-order valence-electron chi connectivity index (χ3n) is 4.36. The van der Waals surface area contributed by atoms with Crippen molar-refractivity contribution in [3.63, 3.8) is 0 Å². The molecule has 2 N–H and O–H groups in total. The Morgan fingerprint density at radius 1 is 1.38 bits per heavy atom. The smallest absolute Gasteiger partial charge is 0.191 e. The molecule has 1 unspecified atom stereocenters. The minimum absolute atomic E-state index is 0. The van der Waals surface area contributed by atoms with Crippen molar-refractivity contribution in [2.45, 2.75) is 39.2 Å². The molecule has 1 aliphatic heterocycles. The summed E-state index contributed by atoms with van der Waals surface area (Å²) in [5.74, 6) is 0.874. The van der Waals surface area contributed by atoms with Crippen LogP contribution in [0.15, 0.2) is 22.5 Å². The lowest BCUT2D eigenvalue weighted by atomic mass is 10.3. The molecule has 0 aliphatic carbocycles. The van der Waals surface area contributed by atoms with Crippen LogP contribution in [0, 0.1) is 6.92 Å². The quantitative estimate of drug-likeness (QED) is 0.202. The lowest BCUT2D eigenvalue weighted by Crippen LogP contribution is -2.38. The Bertz CT molecular complexity index is 744. The lowest BCUT2D eigenvalue weighted by molar-refractivity contribution is 0.0424. The molecule has 2 aromatic rings. The molecule has 0 amide bonds. The topological polar surface area (TPSA) is 67.8 Å². The molecule has 0 aromatic carbocycles. The van der Waals surface area contributed by atoms with E-state index in [2.05, 4.69) is 45.0 Å². The van der Waals surface area contributed by atoms with Crippen LogP contribution in [-0.4, -0.2) is 56.5 Å². The number of thiophene rings is 1. The molecule has 0 bridgehead atoms. The SMILES string of the molecule is CCNC(=NCCCOC1CCOC1)NCCc1ccc(-c2csc(C)n2)s1.I. The molecule has 1 fully saturated rings. The van der Waals surface area contributed by atoms with Crippen molar-refractivity contribution < 1.29 is 9.47 Å². The standard InChI is InChI=1S/C20H30N4O2S2.HI/c1-3-21-20(22-9-4-11-26-16-8-12-25-13-16)23-10-7-17-5-6-19(28-17)18-14-27-15(2)24-18;/h5-6,14,16H,3-4,7-13H2,1-2H3,(H2,21,22,23);1H. The summed E-state index contributed by atoms with van der Waals surface area (Å²) in [5, 5.41) is 9.97. The van der Waals surface area contributed by atoms with E-state index in [1.54, 1.807) is 11.3 Å². The minimum Gasteiger partial charge on any atom is -0.379 e. The van der Waals surface area contributed by atoms with Gasteiger partial charge in [-0.3, -0.25) is 4.99 Å². The first-order valence-corrected chi connectivity index (χ1v) is 11.7. The monoisotopic (exact) mass is 550 g/mol. The molecule has 1 aliphatic rings. The Kier molecular flexibility index (Phi) is 11.4. The number of thiazole rings is 1. The molecule has 0 radical (unpaired) electrons. The maximum atomic E-state index is 5.79. The summed E-state index contributed by atoms with van der Waals surface area (Å²) in [6.07, 6.45) is 3.19. The van der Waals surface area contributed by atoms with E-state index in [0.29, 0.717) is 0 Å². The molecule has 0 spiro atoms. The zero-order valence-electron chi connectivity index (χ0n) is 17.1. The number of hydrogen-bond donors (Lipinski definition) is 2. The first-order valence-electron chi connectivity index (χ1n) is 9.97. The van der Waals surface area contributed by atoms with Gasteiger partial charge in [0.25, 0.3) is 0 Å². The van der Waals surface area contributed by atoms with Crippen molar-refractivity contribution in [2.24, 2.45) is 4.99 Å². The zero-order valence-corrected chi connectivity index (χ0v) is 21.1. The van der Waals surface area contributed by atoms with Gasteiger partial charge >= 0.3 is 0 Å². The summed E-state index contributed by atoms with van der Waals surface area (Å²) < 4.78 is 11.1. The number of nitrogens with zero attached hydrogens (tertiary/aromatic N) is 2. The third kappa shape index (κ3) is 8.49. The highest BCUT2D eigenvalue weighted by atomic mass is 127. The van der Waals surface area contributed by atoms with Crippen LogP contribution in [-0.2, 0) is 15.9 Å². The molecule has 3 rings (SSSR count). The van der Waals surface area contributed by atoms with Gasteiger partial charge in [0.2, 0.25) is 0 Å². The third-order valence-corrected chi connectivity index (χ3v) is 6.30. The van der Waals surface area contributed by atoms with E-state index in [1.165, 1.54) is 9.75 Å². The van der Waals surface area contributed by atoms with Crippen molar-refractivity contribution in [1.29, 1.82) is 0 Å². The molecule has 1 saturated heterocycles. The summed E-state index contributed by atoms with van der Waals surface area (Å²) in [5.41, 5.74) is 1.09. The van der Waals surface area contributed by atoms with Crippen molar-refractivity contribution in [2.75, 3.05) is 39.5 Å². The van der Waals surface area contributed by atoms with Gasteiger partial charge in [-0.25, -0.2) is 4.98 Å². The van der Waals surface area contributed by atoms with Gasteiger partial charge in [0.05, 0.1) is 28.3 Å². The fourth-order valence-electron chi connectivity index (χ4n) is 2.92. The van der Waals surface area contributed by atoms with Crippen molar-refractivity contribution in [1.82, 2.24) is 15.6 Å². The molecule has 6 nitrogen and oxygen atoms in total. The van der Waals surface area contributed by atoms with E-state index in [1.807, 2.05) is 18.3 Å². The second-order valence-corrected chi connectivity index (χ2v) is 8.90. The number of nitrogens with one attached hydrogen (secondary N) is 2. The van der Waals surface area contributed by atoms with E-state index in [-0.39, 0.29) is 30.1 Å². The van der Waals surface area contributed by atoms with E-state index in [0.717, 1.165) is 75.4 Å². The minimum atomic E-state index is 0. The average Bonchev–Trinajstić information content (AvgIpc) is 3.43. The molecule has 29 heavy (non-hydrogen) atoms. The lowest BCUT2D eigenvalue weighted by Gasteiger charge is -2.11. The first kappa shape index (κ1) is 24.5. The molecule has 162 valence electrons. The number of hydrogen-bond acceptors (Lipinski definition) is 6. The number of aryl methyl sites for hydroxylation is 1. The maximum absolute atomic E-state index is 5.79. The van der Waals surface area contributed by atoms with Crippen LogP contribution in [0.5, 0.6) is 0 Å². The van der Waals surface area contributed by atoms with Gasteiger partial charge in [-0.05, 0) is 45.2 Å². The highest BCUT2D eigenvalue weighted by Gasteiger charge is 2.15. The summed E-state index contributed by atoms with van der Waals surface area (Å²) in [6.45, 7) is 8.91. The molecular formula is C20H31IN4O2S2. The second-order valence-electron chi connectivity index (χ2n) is 6.67. The van der Waals surface area contributed by atoms with Crippen molar-refractivity contribution in [3.8, 4) is 10.6 Å². The van der Waals surface area contributed by atoms with Crippen LogP contribution in [0.1, 0.15) is 29.7 Å². The molecule has 0 saturated carbocycles. The molecule has 1 atom stereocenters. The zero-order chi connectivity index (χ0) is 19.6. The number of guanidine groups is 1. The Labute approximate surface area is 198 Å². The Morgan fingerprint density at radius 2 is 2.28 bits per heavy atom. The van der Waals surface area contributed by atoms with Gasteiger partial charge in [-0.1, -0.05) is 0 Å². The summed E-state index contributed by atoms with van der Waals surface area (Å²) in [7, 11) is 0. The Hall–Kier alpha value is -0.750. The summed E-state index contributed by atoms with van der Waals surface area (Å²) in [6, 6.07) is 4.37. The van der Waals surface area contributed by atoms with Crippen LogP contribution < -0.4 is 10.6 Å². The Morgan fingerprint density at radius 3 is 3.00 bits per heavy atom. The molecule has 3 heterocycles. The fourth-order valence-corrected chi connectivity index (χ4v) is 4.58. The largest absolute Gasteiger partial charge is 0.379 e. The number of rotatable bonds is 10. The van der Waals surface area contributed by atoms with Gasteiger partial charge in [0.15, 0.2) is 5.96 Å². The highest BCUT2D eigenvalue weighted by molar-refractivity contribution is 14.0. The van der Waals surface area contributed by atoms with Gasteiger partial charge in [0.1, 0.15) is 0 Å². The summed E-state index contributed by atoms with van der Waals surface area (Å²) in [4.78, 5) is 11.8. The van der Waals surface area contributed by atoms with Gasteiger partial charge in [-0.15, -0.1) is 46.7 Å². The van der Waals surface area contributed by atoms with E-state index in [4.69, 9.17) is 9.47 Å². The maximum Gasteiger partial charge on any atom is 0.191 e. The molecular weight excluding hydrogens is 519 g/mol. The van der Waals surface area contributed by atoms with Crippen LogP contribution in [0.25, 0.3) is 10.6 Å². The van der Waals surface area contributed by atoms with Gasteiger partial charge in [-0.2, -0.15) is 0 Å². The average molecular weight is 551 g/mol. The van der Waals surface area contributed by atoms with Gasteiger partial charge in [0, 0.05) is 43.1 Å². The van der Waals surface area contributed by atoms with E-state index >= 15 is 0 Å². The number of ether oxygens (including phenoxy) is 2. The van der Waals surface area contributed by atoms with Crippen molar-refractivity contribution in [3.05, 3.63) is 27.4 Å². The van der Waals surface area contributed by atoms with E-state index in [9.17, 15) is 0 Å². The van der Waals surface area contributed by atoms with Crippen LogP contribution in [0.2, 0.25) is 0 Å². The molecule has 2 aromatic heterocycles. The van der Waals surface area contributed by atoms with Crippen molar-refractivity contribution >= 4 is 52.6 Å². The highest BCUT2D eigenvalue weighted by Crippen LogP contribution is 2.29. The van der Waals surface area contributed by atoms with Crippen LogP contribution in [0.4, 0.5) is 0 Å². The summed E-state index contributed by atoms with van der Waals surface area (Å²) >= 11 is 3.52. The predicted molar refractivity (Wildman–Crippen MR) is 133 cm³/mol. The normalized spacial score (nSPS) is 16.6. The number of aromatic nitrogens is 1. The van der Waals surface area contributed by atoms with Gasteiger partial charge < -0.3 is 20.1 Å².